The summed E-state index contributed by atoms with van der Waals surface area (Å²) in [6.07, 6.45) is 0.292. The minimum absolute atomic E-state index is 0.00374. The van der Waals surface area contributed by atoms with Gasteiger partial charge in [0, 0.05) is 6.04 Å². The first-order valence-electron chi connectivity index (χ1n) is 9.73. The average molecular weight is 447 g/mol. The molecule has 0 radical (unpaired) electrons. The minimum Gasteiger partial charge on any atom is -0.508 e. The van der Waals surface area contributed by atoms with Crippen LogP contribution in [-0.2, 0) is 16.4 Å². The Morgan fingerprint density at radius 3 is 2.23 bits per heavy atom. The van der Waals surface area contributed by atoms with Crippen molar-refractivity contribution in [1.29, 1.82) is 0 Å². The van der Waals surface area contributed by atoms with Crippen molar-refractivity contribution in [1.82, 2.24) is 9.88 Å². The van der Waals surface area contributed by atoms with Crippen LogP contribution < -0.4 is 9.46 Å². The lowest BCUT2D eigenvalue weighted by Gasteiger charge is -2.18. The molecule has 0 fully saturated rings. The van der Waals surface area contributed by atoms with Crippen LogP contribution in [0.5, 0.6) is 17.2 Å². The van der Waals surface area contributed by atoms with Crippen LogP contribution in [0.25, 0.3) is 0 Å². The summed E-state index contributed by atoms with van der Waals surface area (Å²) in [5.74, 6) is 1.64. The number of hydrogen-bond donors (Lipinski definition) is 3. The topological polar surface area (TPSA) is 122 Å². The summed E-state index contributed by atoms with van der Waals surface area (Å²) >= 11 is 0. The second-order valence-electron chi connectivity index (χ2n) is 7.51. The zero-order chi connectivity index (χ0) is 22.8. The summed E-state index contributed by atoms with van der Waals surface area (Å²) in [7, 11) is -3.89. The van der Waals surface area contributed by atoms with E-state index in [1.165, 1.54) is 6.92 Å². The number of sulfonamides is 1. The number of nitrogens with zero attached hydrogens (tertiary/aromatic N) is 1. The highest BCUT2D eigenvalue weighted by atomic mass is 32.2. The lowest BCUT2D eigenvalue weighted by atomic mass is 10.0. The fourth-order valence-electron chi connectivity index (χ4n) is 3.52. The number of aliphatic hydroxyl groups excluding tert-OH is 1. The SMILES string of the molecule is Cc1cc(CC(CO)NS(=O)(=O)c2c(C)noc2C)cc(C)c1Oc1ccc(O)cc1. The fourth-order valence-corrected chi connectivity index (χ4v) is 5.07. The Labute approximate surface area is 181 Å². The summed E-state index contributed by atoms with van der Waals surface area (Å²) in [5, 5.41) is 22.9. The maximum Gasteiger partial charge on any atom is 0.246 e. The Morgan fingerprint density at radius 1 is 1.10 bits per heavy atom. The normalized spacial score (nSPS) is 12.7. The summed E-state index contributed by atoms with van der Waals surface area (Å²) < 4.78 is 38.9. The highest BCUT2D eigenvalue weighted by Gasteiger charge is 2.27. The molecule has 0 aliphatic rings. The number of ether oxygens (including phenoxy) is 1. The van der Waals surface area contributed by atoms with Crippen molar-refractivity contribution in [2.75, 3.05) is 6.61 Å². The smallest absolute Gasteiger partial charge is 0.246 e. The number of phenols is 1. The molecule has 3 rings (SSSR count). The molecule has 0 spiro atoms. The number of aromatic hydroxyl groups is 1. The Hall–Kier alpha value is -2.88. The van der Waals surface area contributed by atoms with Crippen LogP contribution in [0, 0.1) is 27.7 Å². The number of nitrogens with one attached hydrogen (secondary N) is 1. The van der Waals surface area contributed by atoms with Gasteiger partial charge in [-0.3, -0.25) is 0 Å². The van der Waals surface area contributed by atoms with Gasteiger partial charge in [0.25, 0.3) is 0 Å². The highest BCUT2D eigenvalue weighted by Crippen LogP contribution is 2.31. The Balaban J connectivity index is 1.78. The molecule has 0 saturated heterocycles. The quantitative estimate of drug-likeness (QED) is 0.485. The van der Waals surface area contributed by atoms with Gasteiger partial charge in [-0.1, -0.05) is 17.3 Å². The predicted octanol–water partition coefficient (Wildman–Crippen LogP) is 3.29. The second kappa shape index (κ2) is 9.09. The number of benzene rings is 2. The van der Waals surface area contributed by atoms with Gasteiger partial charge in [-0.2, -0.15) is 0 Å². The van der Waals surface area contributed by atoms with Gasteiger partial charge in [-0.05, 0) is 75.1 Å². The van der Waals surface area contributed by atoms with E-state index in [1.807, 2.05) is 26.0 Å². The molecule has 1 heterocycles. The number of aliphatic hydroxyl groups is 1. The van der Waals surface area contributed by atoms with Gasteiger partial charge in [0.2, 0.25) is 10.0 Å². The summed E-state index contributed by atoms with van der Waals surface area (Å²) in [5.41, 5.74) is 2.86. The van der Waals surface area contributed by atoms with E-state index in [1.54, 1.807) is 31.2 Å². The number of phenolic OH excluding ortho intramolecular Hbond substituents is 1. The molecule has 166 valence electrons. The van der Waals surface area contributed by atoms with Crippen LogP contribution in [0.4, 0.5) is 0 Å². The maximum absolute atomic E-state index is 12.7. The van der Waals surface area contributed by atoms with Crippen molar-refractivity contribution in [3.63, 3.8) is 0 Å². The molecule has 0 aliphatic heterocycles. The van der Waals surface area contributed by atoms with Crippen molar-refractivity contribution in [2.45, 2.75) is 45.1 Å². The molecule has 1 unspecified atom stereocenters. The van der Waals surface area contributed by atoms with E-state index in [-0.39, 0.29) is 28.7 Å². The highest BCUT2D eigenvalue weighted by molar-refractivity contribution is 7.89. The number of aryl methyl sites for hydroxylation is 4. The largest absolute Gasteiger partial charge is 0.508 e. The third-order valence-corrected chi connectivity index (χ3v) is 6.60. The van der Waals surface area contributed by atoms with Gasteiger partial charge in [0.1, 0.15) is 27.8 Å². The van der Waals surface area contributed by atoms with Gasteiger partial charge in [0.15, 0.2) is 5.76 Å². The number of aromatic nitrogens is 1. The van der Waals surface area contributed by atoms with Crippen molar-refractivity contribution >= 4 is 10.0 Å². The molecule has 0 aliphatic carbocycles. The molecule has 1 atom stereocenters. The lowest BCUT2D eigenvalue weighted by Crippen LogP contribution is -2.39. The molecule has 1 aromatic heterocycles. The lowest BCUT2D eigenvalue weighted by molar-refractivity contribution is 0.256. The first kappa shape index (κ1) is 22.8. The molecule has 2 aromatic carbocycles. The van der Waals surface area contributed by atoms with E-state index in [0.717, 1.165) is 16.7 Å². The zero-order valence-corrected chi connectivity index (χ0v) is 18.7. The fraction of sp³-hybridized carbons (Fsp3) is 0.318. The molecular formula is C22H26N2O6S. The Bertz CT molecular complexity index is 1130. The Kier molecular flexibility index (Phi) is 6.68. The van der Waals surface area contributed by atoms with E-state index >= 15 is 0 Å². The van der Waals surface area contributed by atoms with Crippen LogP contribution in [-0.4, -0.2) is 36.4 Å². The van der Waals surface area contributed by atoms with E-state index in [2.05, 4.69) is 9.88 Å². The summed E-state index contributed by atoms with van der Waals surface area (Å²) in [4.78, 5) is -0.00374. The minimum atomic E-state index is -3.89. The average Bonchev–Trinajstić information content (AvgIpc) is 3.04. The molecule has 0 amide bonds. The van der Waals surface area contributed by atoms with Gasteiger partial charge in [-0.25, -0.2) is 13.1 Å². The van der Waals surface area contributed by atoms with Crippen LogP contribution >= 0.6 is 0 Å². The summed E-state index contributed by atoms with van der Waals surface area (Å²) in [6, 6.07) is 9.52. The molecule has 0 bridgehead atoms. The molecular weight excluding hydrogens is 420 g/mol. The van der Waals surface area contributed by atoms with Gasteiger partial charge >= 0.3 is 0 Å². The van der Waals surface area contributed by atoms with Gasteiger partial charge in [0.05, 0.1) is 6.61 Å². The first-order valence-corrected chi connectivity index (χ1v) is 11.2. The maximum atomic E-state index is 12.7. The van der Waals surface area contributed by atoms with E-state index in [9.17, 15) is 18.6 Å². The third-order valence-electron chi connectivity index (χ3n) is 4.84. The molecule has 9 heteroatoms. The Morgan fingerprint density at radius 2 is 1.71 bits per heavy atom. The zero-order valence-electron chi connectivity index (χ0n) is 17.8. The third kappa shape index (κ3) is 5.25. The van der Waals surface area contributed by atoms with Crippen LogP contribution in [0.3, 0.4) is 0 Å². The molecule has 3 N–H and O–H groups in total. The number of hydrogen-bond acceptors (Lipinski definition) is 7. The van der Waals surface area contributed by atoms with Crippen molar-refractivity contribution in [2.24, 2.45) is 0 Å². The molecule has 0 saturated carbocycles. The van der Waals surface area contributed by atoms with Crippen LogP contribution in [0.1, 0.15) is 28.1 Å². The van der Waals surface area contributed by atoms with Crippen molar-refractivity contribution < 1.29 is 27.9 Å². The van der Waals surface area contributed by atoms with Crippen molar-refractivity contribution in [3.8, 4) is 17.2 Å². The first-order chi connectivity index (χ1) is 14.6. The monoisotopic (exact) mass is 446 g/mol. The number of rotatable bonds is 8. The van der Waals surface area contributed by atoms with Crippen LogP contribution in [0.2, 0.25) is 0 Å². The second-order valence-corrected chi connectivity index (χ2v) is 9.16. The van der Waals surface area contributed by atoms with E-state index in [4.69, 9.17) is 9.26 Å². The van der Waals surface area contributed by atoms with E-state index in [0.29, 0.717) is 17.9 Å². The van der Waals surface area contributed by atoms with Crippen molar-refractivity contribution in [3.05, 3.63) is 64.5 Å². The standard InChI is InChI=1S/C22H26N2O6S/c1-13-9-17(10-14(2)21(13)29-20-7-5-19(26)6-8-20)11-18(12-25)24-31(27,28)22-15(3)23-30-16(22)4/h5-10,18,24-26H,11-12H2,1-4H3. The van der Waals surface area contributed by atoms with Gasteiger partial charge < -0.3 is 19.5 Å². The predicted molar refractivity (Wildman–Crippen MR) is 115 cm³/mol. The van der Waals surface area contributed by atoms with E-state index < -0.39 is 16.1 Å². The van der Waals surface area contributed by atoms with Crippen LogP contribution in [0.15, 0.2) is 45.8 Å². The molecule has 8 nitrogen and oxygen atoms in total. The van der Waals surface area contributed by atoms with Gasteiger partial charge in [-0.15, -0.1) is 0 Å². The molecule has 31 heavy (non-hydrogen) atoms. The summed E-state index contributed by atoms with van der Waals surface area (Å²) in [6.45, 7) is 6.51. The molecule has 3 aromatic rings.